The number of anilines is 3. The third-order valence-electron chi connectivity index (χ3n) is 9.82. The van der Waals surface area contributed by atoms with E-state index in [1.807, 2.05) is 20.8 Å². The smallest absolute Gasteiger partial charge is 0.421 e. The largest absolute Gasteiger partial charge is 0.465 e. The van der Waals surface area contributed by atoms with Crippen molar-refractivity contribution < 1.29 is 36.6 Å². The maximum Gasteiger partial charge on any atom is 0.421 e. The second kappa shape index (κ2) is 11.3. The first-order valence-electron chi connectivity index (χ1n) is 15.2. The molecule has 3 unspecified atom stereocenters. The molecule has 1 aromatic heterocycles. The lowest BCUT2D eigenvalue weighted by Crippen LogP contribution is -2.63. The van der Waals surface area contributed by atoms with Gasteiger partial charge >= 0.3 is 12.3 Å². The van der Waals surface area contributed by atoms with Crippen LogP contribution < -0.4 is 10.2 Å². The fourth-order valence-electron chi connectivity index (χ4n) is 7.83. The zero-order valence-electron chi connectivity index (χ0n) is 26.3. The Labute approximate surface area is 262 Å². The van der Waals surface area contributed by atoms with E-state index in [9.17, 15) is 36.6 Å². The molecule has 45 heavy (non-hydrogen) atoms. The summed E-state index contributed by atoms with van der Waals surface area (Å²) in [7, 11) is -3.75. The van der Waals surface area contributed by atoms with Crippen molar-refractivity contribution in [1.29, 1.82) is 0 Å². The maximum absolute atomic E-state index is 14.0. The maximum atomic E-state index is 14.0. The van der Waals surface area contributed by atoms with Gasteiger partial charge in [-0.15, -0.1) is 0 Å². The summed E-state index contributed by atoms with van der Waals surface area (Å²) < 4.78 is 69.6. The number of nitrogens with zero attached hydrogens (tertiary/aromatic N) is 4. The normalized spacial score (nSPS) is 25.6. The predicted molar refractivity (Wildman–Crippen MR) is 163 cm³/mol. The fourth-order valence-corrected chi connectivity index (χ4v) is 10.4. The molecule has 248 valence electrons. The number of hydrogen-bond acceptors (Lipinski definition) is 8. The summed E-state index contributed by atoms with van der Waals surface area (Å²) >= 11 is 0. The van der Waals surface area contributed by atoms with E-state index in [-0.39, 0.29) is 40.0 Å². The molecule has 1 amide bonds. The summed E-state index contributed by atoms with van der Waals surface area (Å²) in [6, 6.07) is 4.62. The summed E-state index contributed by atoms with van der Waals surface area (Å²) in [6.07, 6.45) is -2.23. The number of piperidine rings is 2. The highest BCUT2D eigenvalue weighted by atomic mass is 32.2. The molecule has 3 aliphatic rings. The molecule has 5 rings (SSSR count). The van der Waals surface area contributed by atoms with Gasteiger partial charge in [-0.3, -0.25) is 0 Å². The number of aliphatic hydroxyl groups is 1. The van der Waals surface area contributed by atoms with Crippen LogP contribution in [-0.4, -0.2) is 76.6 Å². The molecule has 1 aliphatic carbocycles. The minimum absolute atomic E-state index is 0.00601. The average molecular weight is 654 g/mol. The number of nitrogens with one attached hydrogen (secondary N) is 1. The Bertz CT molecular complexity index is 1570. The number of hydrogen-bond donors (Lipinski definition) is 3. The van der Waals surface area contributed by atoms with Crippen molar-refractivity contribution >= 4 is 33.4 Å². The number of sulfone groups is 1. The lowest BCUT2D eigenvalue weighted by Gasteiger charge is -2.62. The number of amides is 1. The van der Waals surface area contributed by atoms with Gasteiger partial charge in [0.1, 0.15) is 11.4 Å². The first kappa shape index (κ1) is 33.2. The Morgan fingerprint density at radius 3 is 2.33 bits per heavy atom. The van der Waals surface area contributed by atoms with Crippen LogP contribution >= 0.6 is 0 Å². The zero-order valence-corrected chi connectivity index (χ0v) is 27.1. The van der Waals surface area contributed by atoms with Crippen LogP contribution in [0.2, 0.25) is 0 Å². The molecule has 1 spiro atoms. The van der Waals surface area contributed by atoms with Crippen LogP contribution in [0.3, 0.4) is 0 Å². The molecule has 3 N–H and O–H groups in total. The highest BCUT2D eigenvalue weighted by Crippen LogP contribution is 2.62. The number of likely N-dealkylation sites (tertiary alicyclic amines) is 1. The average Bonchev–Trinajstić information content (AvgIpc) is 2.91. The SMILES string of the molecule is Cc1cc(S(=O)(=O)C2CC3(CCN(C(=O)O)CC3)C2C(C)(C)C)ccc1Nc1ncc(C(F)(F)F)c(N2CCCC(C)(O)C2)n1. The number of rotatable bonds is 5. The molecule has 2 aliphatic heterocycles. The quantitative estimate of drug-likeness (QED) is 0.362. The Balaban J connectivity index is 1.38. The van der Waals surface area contributed by atoms with Gasteiger partial charge in [0.05, 0.1) is 15.7 Å². The Morgan fingerprint density at radius 1 is 1.11 bits per heavy atom. The van der Waals surface area contributed by atoms with Gasteiger partial charge < -0.3 is 25.3 Å². The van der Waals surface area contributed by atoms with Gasteiger partial charge in [-0.05, 0) is 86.5 Å². The van der Waals surface area contributed by atoms with E-state index in [0.29, 0.717) is 63.0 Å². The third kappa shape index (κ3) is 6.45. The lowest BCUT2D eigenvalue weighted by molar-refractivity contribution is -0.137. The number of benzene rings is 1. The minimum Gasteiger partial charge on any atom is -0.465 e. The molecule has 2 aromatic rings. The summed E-state index contributed by atoms with van der Waals surface area (Å²) in [5.41, 5.74) is -1.71. The summed E-state index contributed by atoms with van der Waals surface area (Å²) in [4.78, 5) is 22.5. The van der Waals surface area contributed by atoms with E-state index in [4.69, 9.17) is 0 Å². The Kier molecular flexibility index (Phi) is 8.34. The standard InChI is InChI=1S/C31H42F3N5O5S/c1-19-15-20(45(43,44)23-16-30(24(23)28(2,3)4)10-13-38(14-11-30)27(40)41)7-8-22(19)36-26-35-17-21(31(32,33)34)25(37-26)39-12-6-9-29(5,42)18-39/h7-8,15,17,23-24,42H,6,9-14,16,18H2,1-5H3,(H,40,41)(H,35,36,37). The number of aryl methyl sites for hydroxylation is 1. The second-order valence-electron chi connectivity index (χ2n) is 14.3. The zero-order chi connectivity index (χ0) is 33.2. The predicted octanol–water partition coefficient (Wildman–Crippen LogP) is 5.87. The molecule has 1 saturated carbocycles. The molecule has 0 radical (unpaired) electrons. The van der Waals surface area contributed by atoms with Gasteiger partial charge in [-0.25, -0.2) is 18.2 Å². The van der Waals surface area contributed by atoms with Crippen molar-refractivity contribution in [3.05, 3.63) is 35.5 Å². The van der Waals surface area contributed by atoms with Crippen LogP contribution in [0, 0.1) is 23.7 Å². The van der Waals surface area contributed by atoms with Crippen molar-refractivity contribution in [2.75, 3.05) is 36.4 Å². The number of halogens is 3. The number of β-amino-alcohol motifs (C(OH)–C–C–N with tert-alkyl or cyclic N) is 1. The van der Waals surface area contributed by atoms with E-state index >= 15 is 0 Å². The second-order valence-corrected chi connectivity index (χ2v) is 16.5. The highest BCUT2D eigenvalue weighted by Gasteiger charge is 2.62. The van der Waals surface area contributed by atoms with Crippen LogP contribution in [0.4, 0.5) is 35.4 Å². The van der Waals surface area contributed by atoms with Crippen molar-refractivity contribution in [2.24, 2.45) is 16.7 Å². The molecule has 10 nitrogen and oxygen atoms in total. The van der Waals surface area contributed by atoms with E-state index in [2.05, 4.69) is 15.3 Å². The van der Waals surface area contributed by atoms with Crippen molar-refractivity contribution in [3.63, 3.8) is 0 Å². The molecule has 3 atom stereocenters. The minimum atomic E-state index is -4.69. The molecule has 2 saturated heterocycles. The molecule has 1 aromatic carbocycles. The number of aromatic nitrogens is 2. The van der Waals surface area contributed by atoms with Gasteiger partial charge in [0, 0.05) is 38.1 Å². The van der Waals surface area contributed by atoms with Gasteiger partial charge in [0.25, 0.3) is 0 Å². The molecule has 0 bridgehead atoms. The van der Waals surface area contributed by atoms with E-state index in [1.165, 1.54) is 15.9 Å². The van der Waals surface area contributed by atoms with E-state index in [0.717, 1.165) is 6.20 Å². The molecule has 14 heteroatoms. The highest BCUT2D eigenvalue weighted by molar-refractivity contribution is 7.92. The van der Waals surface area contributed by atoms with Crippen LogP contribution in [0.1, 0.15) is 70.9 Å². The van der Waals surface area contributed by atoms with Gasteiger partial charge in [-0.2, -0.15) is 18.2 Å². The molecule has 3 heterocycles. The van der Waals surface area contributed by atoms with Crippen molar-refractivity contribution in [3.8, 4) is 0 Å². The fraction of sp³-hybridized carbons (Fsp3) is 0.645. The summed E-state index contributed by atoms with van der Waals surface area (Å²) in [5, 5.41) is 22.2. The Hall–Kier alpha value is -3.13. The van der Waals surface area contributed by atoms with Gasteiger partial charge in [0.15, 0.2) is 9.84 Å². The monoisotopic (exact) mass is 653 g/mol. The van der Waals surface area contributed by atoms with Crippen molar-refractivity contribution in [2.45, 2.75) is 88.6 Å². The Morgan fingerprint density at radius 2 is 1.78 bits per heavy atom. The number of carbonyl (C=O) groups is 1. The van der Waals surface area contributed by atoms with E-state index in [1.54, 1.807) is 26.0 Å². The summed E-state index contributed by atoms with van der Waals surface area (Å²) in [5.74, 6) is -0.555. The van der Waals surface area contributed by atoms with Crippen LogP contribution in [-0.2, 0) is 16.0 Å². The number of carboxylic acid groups (broad SMARTS) is 1. The van der Waals surface area contributed by atoms with Crippen LogP contribution in [0.25, 0.3) is 0 Å². The van der Waals surface area contributed by atoms with Gasteiger partial charge in [-0.1, -0.05) is 20.8 Å². The lowest BCUT2D eigenvalue weighted by atomic mass is 9.48. The van der Waals surface area contributed by atoms with Crippen LogP contribution in [0.15, 0.2) is 29.3 Å². The first-order chi connectivity index (χ1) is 20.7. The van der Waals surface area contributed by atoms with Crippen molar-refractivity contribution in [1.82, 2.24) is 14.9 Å². The number of alkyl halides is 3. The van der Waals surface area contributed by atoms with Crippen LogP contribution in [0.5, 0.6) is 0 Å². The topological polar surface area (TPSA) is 136 Å². The van der Waals surface area contributed by atoms with Gasteiger partial charge in [0.2, 0.25) is 5.95 Å². The molecular formula is C31H42F3N5O5S. The first-order valence-corrected chi connectivity index (χ1v) is 16.8. The molecular weight excluding hydrogens is 611 g/mol. The third-order valence-corrected chi connectivity index (χ3v) is 12.0. The summed E-state index contributed by atoms with van der Waals surface area (Å²) in [6.45, 7) is 10.5. The van der Waals surface area contributed by atoms with E-state index < -0.39 is 38.5 Å². The molecule has 3 fully saturated rings.